The van der Waals surface area contributed by atoms with Crippen LogP contribution < -0.4 is 10.6 Å². The van der Waals surface area contributed by atoms with E-state index >= 15 is 0 Å². The summed E-state index contributed by atoms with van der Waals surface area (Å²) in [5.74, 6) is 0.389. The predicted molar refractivity (Wildman–Crippen MR) is 78.6 cm³/mol. The van der Waals surface area contributed by atoms with E-state index in [1.165, 1.54) is 0 Å². The van der Waals surface area contributed by atoms with Crippen LogP contribution in [0.5, 0.6) is 0 Å². The molecule has 4 heteroatoms. The Morgan fingerprint density at radius 2 is 1.95 bits per heavy atom. The van der Waals surface area contributed by atoms with Crippen LogP contribution in [-0.2, 0) is 16.0 Å². The number of carbonyl (C=O) groups is 2. The minimum absolute atomic E-state index is 0.0755. The lowest BCUT2D eigenvalue weighted by Crippen LogP contribution is -2.20. The Hall–Kier alpha value is -1.84. The van der Waals surface area contributed by atoms with Gasteiger partial charge >= 0.3 is 0 Å². The zero-order chi connectivity index (χ0) is 13.9. The number of benzene rings is 1. The Labute approximate surface area is 118 Å². The largest absolute Gasteiger partial charge is 0.326 e. The van der Waals surface area contributed by atoms with Crippen LogP contribution in [0.1, 0.15) is 44.1 Å². The van der Waals surface area contributed by atoms with Gasteiger partial charge in [-0.3, -0.25) is 9.59 Å². The van der Waals surface area contributed by atoms with Gasteiger partial charge in [-0.25, -0.2) is 0 Å². The highest BCUT2D eigenvalue weighted by atomic mass is 16.2. The summed E-state index contributed by atoms with van der Waals surface area (Å²) in [4.78, 5) is 23.6. The lowest BCUT2D eigenvalue weighted by molar-refractivity contribution is -0.119. The first-order valence-electron chi connectivity index (χ1n) is 7.46. The maximum Gasteiger partial charge on any atom is 0.227 e. The number of rotatable bonds is 2. The van der Waals surface area contributed by atoms with E-state index in [0.29, 0.717) is 6.42 Å². The highest BCUT2D eigenvalue weighted by Gasteiger charge is 2.23. The molecule has 1 heterocycles. The van der Waals surface area contributed by atoms with Gasteiger partial charge in [0.15, 0.2) is 0 Å². The second-order valence-corrected chi connectivity index (χ2v) is 5.74. The van der Waals surface area contributed by atoms with E-state index in [-0.39, 0.29) is 17.7 Å². The first-order valence-corrected chi connectivity index (χ1v) is 7.46. The molecule has 1 aliphatic carbocycles. The lowest BCUT2D eigenvalue weighted by atomic mass is 10.1. The summed E-state index contributed by atoms with van der Waals surface area (Å²) >= 11 is 0. The number of hydrogen-bond donors (Lipinski definition) is 2. The van der Waals surface area contributed by atoms with Crippen molar-refractivity contribution in [1.82, 2.24) is 0 Å². The number of amides is 2. The molecular formula is C16H20N2O2. The van der Waals surface area contributed by atoms with Gasteiger partial charge in [0.05, 0.1) is 0 Å². The van der Waals surface area contributed by atoms with Crippen molar-refractivity contribution in [2.75, 3.05) is 10.6 Å². The molecule has 0 radical (unpaired) electrons. The molecule has 0 unspecified atom stereocenters. The van der Waals surface area contributed by atoms with Gasteiger partial charge in [-0.05, 0) is 49.4 Å². The van der Waals surface area contributed by atoms with Crippen molar-refractivity contribution in [1.29, 1.82) is 0 Å². The molecule has 106 valence electrons. The van der Waals surface area contributed by atoms with Gasteiger partial charge in [0.1, 0.15) is 0 Å². The van der Waals surface area contributed by atoms with E-state index in [2.05, 4.69) is 10.6 Å². The summed E-state index contributed by atoms with van der Waals surface area (Å²) in [6, 6.07) is 5.76. The standard InChI is InChI=1S/C16H20N2O2/c19-15-7-3-6-12-10-13(8-9-14(12)18-15)17-16(20)11-4-1-2-5-11/h8-11H,1-7H2,(H,17,20)(H,18,19). The van der Waals surface area contributed by atoms with Crippen molar-refractivity contribution in [2.45, 2.75) is 44.9 Å². The summed E-state index contributed by atoms with van der Waals surface area (Å²) in [5, 5.41) is 5.92. The van der Waals surface area contributed by atoms with Crippen molar-refractivity contribution in [3.05, 3.63) is 23.8 Å². The minimum Gasteiger partial charge on any atom is -0.326 e. The fourth-order valence-electron chi connectivity index (χ4n) is 3.08. The van der Waals surface area contributed by atoms with Crippen LogP contribution in [-0.4, -0.2) is 11.8 Å². The molecule has 1 aromatic carbocycles. The first kappa shape index (κ1) is 13.2. The van der Waals surface area contributed by atoms with E-state index < -0.39 is 0 Å². The van der Waals surface area contributed by atoms with Crippen LogP contribution in [0.15, 0.2) is 18.2 Å². The molecule has 1 saturated carbocycles. The molecule has 1 aromatic rings. The maximum absolute atomic E-state index is 12.1. The second kappa shape index (κ2) is 5.65. The van der Waals surface area contributed by atoms with Gasteiger partial charge in [0, 0.05) is 23.7 Å². The molecule has 20 heavy (non-hydrogen) atoms. The SMILES string of the molecule is O=C1CCCc2cc(NC(=O)C3CCCC3)ccc2N1. The molecule has 2 amide bonds. The number of nitrogens with one attached hydrogen (secondary N) is 2. The molecule has 1 fully saturated rings. The van der Waals surface area contributed by atoms with Crippen LogP contribution in [0.3, 0.4) is 0 Å². The van der Waals surface area contributed by atoms with Crippen molar-refractivity contribution >= 4 is 23.2 Å². The van der Waals surface area contributed by atoms with Gasteiger partial charge in [0.2, 0.25) is 11.8 Å². The third-order valence-electron chi connectivity index (χ3n) is 4.22. The molecule has 0 spiro atoms. The third kappa shape index (κ3) is 2.84. The van der Waals surface area contributed by atoms with Crippen LogP contribution in [0.4, 0.5) is 11.4 Å². The maximum atomic E-state index is 12.1. The predicted octanol–water partition coefficient (Wildman–Crippen LogP) is 3.09. The van der Waals surface area contributed by atoms with Crippen molar-refractivity contribution < 1.29 is 9.59 Å². The monoisotopic (exact) mass is 272 g/mol. The van der Waals surface area contributed by atoms with Gasteiger partial charge < -0.3 is 10.6 Å². The second-order valence-electron chi connectivity index (χ2n) is 5.74. The molecule has 3 rings (SSSR count). The highest BCUT2D eigenvalue weighted by molar-refractivity contribution is 5.95. The molecule has 2 aliphatic rings. The summed E-state index contributed by atoms with van der Waals surface area (Å²) in [7, 11) is 0. The number of carbonyl (C=O) groups excluding carboxylic acids is 2. The lowest BCUT2D eigenvalue weighted by Gasteiger charge is -2.13. The highest BCUT2D eigenvalue weighted by Crippen LogP contribution is 2.28. The van der Waals surface area contributed by atoms with E-state index in [1.807, 2.05) is 18.2 Å². The minimum atomic E-state index is 0.0755. The molecule has 0 saturated heterocycles. The molecule has 0 bridgehead atoms. The van der Waals surface area contributed by atoms with Crippen LogP contribution in [0.2, 0.25) is 0 Å². The average Bonchev–Trinajstić information content (AvgIpc) is 2.89. The van der Waals surface area contributed by atoms with Crippen LogP contribution in [0, 0.1) is 5.92 Å². The molecule has 1 aliphatic heterocycles. The molecule has 2 N–H and O–H groups in total. The van der Waals surface area contributed by atoms with E-state index in [9.17, 15) is 9.59 Å². The topological polar surface area (TPSA) is 58.2 Å². The zero-order valence-corrected chi connectivity index (χ0v) is 11.6. The van der Waals surface area contributed by atoms with Crippen LogP contribution >= 0.6 is 0 Å². The quantitative estimate of drug-likeness (QED) is 0.869. The van der Waals surface area contributed by atoms with E-state index in [1.54, 1.807) is 0 Å². The number of fused-ring (bicyclic) bond motifs is 1. The Morgan fingerprint density at radius 3 is 2.75 bits per heavy atom. The fourth-order valence-corrected chi connectivity index (χ4v) is 3.08. The van der Waals surface area contributed by atoms with Crippen molar-refractivity contribution in [3.63, 3.8) is 0 Å². The van der Waals surface area contributed by atoms with Gasteiger partial charge in [-0.2, -0.15) is 0 Å². The van der Waals surface area contributed by atoms with Gasteiger partial charge in [-0.15, -0.1) is 0 Å². The van der Waals surface area contributed by atoms with E-state index in [0.717, 1.165) is 55.5 Å². The Morgan fingerprint density at radius 1 is 1.15 bits per heavy atom. The molecule has 0 aromatic heterocycles. The summed E-state index contributed by atoms with van der Waals surface area (Å²) in [6.07, 6.45) is 6.64. The van der Waals surface area contributed by atoms with E-state index in [4.69, 9.17) is 0 Å². The molecule has 0 atom stereocenters. The number of aryl methyl sites for hydroxylation is 1. The number of hydrogen-bond acceptors (Lipinski definition) is 2. The summed E-state index contributed by atoms with van der Waals surface area (Å²) in [6.45, 7) is 0. The van der Waals surface area contributed by atoms with Crippen molar-refractivity contribution in [2.24, 2.45) is 5.92 Å². The number of anilines is 2. The van der Waals surface area contributed by atoms with Gasteiger partial charge in [-0.1, -0.05) is 12.8 Å². The smallest absolute Gasteiger partial charge is 0.227 e. The molecule has 4 nitrogen and oxygen atoms in total. The summed E-state index contributed by atoms with van der Waals surface area (Å²) < 4.78 is 0. The first-order chi connectivity index (χ1) is 9.72. The Kier molecular flexibility index (Phi) is 3.72. The fraction of sp³-hybridized carbons (Fsp3) is 0.500. The van der Waals surface area contributed by atoms with Gasteiger partial charge in [0.25, 0.3) is 0 Å². The van der Waals surface area contributed by atoms with Crippen LogP contribution in [0.25, 0.3) is 0 Å². The summed E-state index contributed by atoms with van der Waals surface area (Å²) in [5.41, 5.74) is 2.84. The van der Waals surface area contributed by atoms with Crippen molar-refractivity contribution in [3.8, 4) is 0 Å². The Balaban J connectivity index is 1.73. The zero-order valence-electron chi connectivity index (χ0n) is 11.6. The molecular weight excluding hydrogens is 252 g/mol. The normalized spacial score (nSPS) is 19.1. The third-order valence-corrected chi connectivity index (χ3v) is 4.22. The Bertz CT molecular complexity index is 533. The average molecular weight is 272 g/mol.